The number of nitrogens with two attached hydrogens (primary N) is 2. The van der Waals surface area contributed by atoms with Crippen molar-refractivity contribution in [2.45, 2.75) is 111 Å². The van der Waals surface area contributed by atoms with Gasteiger partial charge in [0.1, 0.15) is 24.9 Å². The molecule has 0 spiro atoms. The Hall–Kier alpha value is -3.42. The molecule has 0 unspecified atom stereocenters. The quantitative estimate of drug-likeness (QED) is 0.0730. The largest absolute Gasteiger partial charge is 0.530 e. The van der Waals surface area contributed by atoms with Crippen LogP contribution in [0.5, 0.6) is 11.8 Å². The minimum Gasteiger partial charge on any atom is -0.530 e. The van der Waals surface area contributed by atoms with E-state index in [9.17, 15) is 44.3 Å². The number of primary amides is 2. The Kier molecular flexibility index (Phi) is 19.0. The maximum absolute atomic E-state index is 12.6. The van der Waals surface area contributed by atoms with Crippen LogP contribution >= 0.6 is 15.2 Å². The van der Waals surface area contributed by atoms with Gasteiger partial charge in [0.05, 0.1) is 26.4 Å². The Labute approximate surface area is 348 Å². The molecule has 0 radical (unpaired) electrons. The van der Waals surface area contributed by atoms with Gasteiger partial charge in [-0.25, -0.2) is 9.97 Å². The van der Waals surface area contributed by atoms with E-state index in [1.165, 1.54) is 10.9 Å². The molecule has 2 aliphatic heterocycles. The Morgan fingerprint density at radius 2 is 1.25 bits per heavy atom. The van der Waals surface area contributed by atoms with Gasteiger partial charge in [0.25, 0.3) is 20.1 Å². The number of hydrogen-bond donors (Lipinski definition) is 7. The summed E-state index contributed by atoms with van der Waals surface area (Å²) in [6.45, 7) is 17.0. The number of hydrogen-bond acceptors (Lipinski definition) is 20. The SMILES string of the molecule is C.CCOP(=O)(CO[C@H]1O[C@@H](n2cnc(C(N)=O)c2O)[C@H](O)[C@@H]1O)OCC.CCOP(=O)(CO[C@H]1O[C@@H](n2cnc(C(N)=O)c2O[Si](C)(C)C(C)(C)C)C(O)=C1O)OCC. The highest BCUT2D eigenvalue weighted by Gasteiger charge is 2.47. The standard InChI is InChI=1S/C19H34N3O9PSi.C13H22N3O9P.CH4/c1-8-28-32(26,29-9-2)11-27-18-14(24)13(23)17(30-18)22-10-21-12(15(20)25)16(22)31-33(6,7)19(3,4)5;1-3-23-26(21,24-4-2)6-22-13-9(18)8(17)12(25-13)16-5-15-7(10(14)19)11(16)20;/h10,17-18,23-24H,8-9,11H2,1-7H3,(H2,20,25);5,8-9,12-13,17-18,20H,3-4,6H2,1-2H3,(H2,14,19);1H4/t17-,18+;8-,9+,12-,13+;/m11./s1. The number of amides is 2. The average molecular weight is 919 g/mol. The van der Waals surface area contributed by atoms with Crippen molar-refractivity contribution in [3.8, 4) is 11.8 Å². The second kappa shape index (κ2) is 21.6. The van der Waals surface area contributed by atoms with Crippen LogP contribution in [0.1, 0.15) is 89.3 Å². The normalized spacial score (nSPS) is 22.3. The predicted octanol–water partition coefficient (Wildman–Crippen LogP) is 3.93. The van der Waals surface area contributed by atoms with E-state index in [1.54, 1.807) is 27.7 Å². The summed E-state index contributed by atoms with van der Waals surface area (Å²) < 4.78 is 75.5. The van der Waals surface area contributed by atoms with Gasteiger partial charge < -0.3 is 78.5 Å². The van der Waals surface area contributed by atoms with E-state index in [0.717, 1.165) is 10.9 Å². The number of aromatic nitrogens is 4. The van der Waals surface area contributed by atoms with Crippen LogP contribution in [0.25, 0.3) is 0 Å². The predicted molar refractivity (Wildman–Crippen MR) is 213 cm³/mol. The maximum atomic E-state index is 12.6. The highest BCUT2D eigenvalue weighted by atomic mass is 31.2. The fourth-order valence-corrected chi connectivity index (χ4v) is 8.70. The molecule has 4 rings (SSSR count). The summed E-state index contributed by atoms with van der Waals surface area (Å²) >= 11 is 0. The van der Waals surface area contributed by atoms with Crippen molar-refractivity contribution < 1.29 is 85.7 Å². The summed E-state index contributed by atoms with van der Waals surface area (Å²) in [5.74, 6) is -3.65. The fraction of sp³-hybridized carbons (Fsp3) is 0.697. The molecule has 2 aromatic heterocycles. The molecule has 4 heterocycles. The maximum Gasteiger partial charge on any atom is 0.356 e. The number of aliphatic hydroxyl groups excluding tert-OH is 4. The fourth-order valence-electron chi connectivity index (χ4n) is 5.04. The first-order valence-corrected chi connectivity index (χ1v) is 24.7. The van der Waals surface area contributed by atoms with E-state index in [4.69, 9.17) is 52.9 Å². The lowest BCUT2D eigenvalue weighted by Gasteiger charge is -2.36. The molecule has 1 fully saturated rings. The van der Waals surface area contributed by atoms with Crippen molar-refractivity contribution in [3.05, 3.63) is 35.6 Å². The van der Waals surface area contributed by atoms with Gasteiger partial charge in [-0.1, -0.05) is 28.2 Å². The Balaban J connectivity index is 0.000000418. The van der Waals surface area contributed by atoms with Crippen molar-refractivity contribution in [1.82, 2.24) is 19.1 Å². The van der Waals surface area contributed by atoms with Crippen LogP contribution in [0, 0.1) is 0 Å². The number of carbonyl (C=O) groups is 2. The summed E-state index contributed by atoms with van der Waals surface area (Å²) in [7, 11) is -9.61. The van der Waals surface area contributed by atoms with Crippen LogP contribution in [0.15, 0.2) is 24.2 Å². The van der Waals surface area contributed by atoms with E-state index in [2.05, 4.69) is 9.97 Å². The molecule has 9 N–H and O–H groups in total. The minimum absolute atomic E-state index is 0. The molecule has 6 atom stereocenters. The Bertz CT molecular complexity index is 1870. The van der Waals surface area contributed by atoms with E-state index in [-0.39, 0.29) is 50.5 Å². The van der Waals surface area contributed by atoms with Crippen LogP contribution in [-0.2, 0) is 46.2 Å². The number of rotatable bonds is 20. The summed E-state index contributed by atoms with van der Waals surface area (Å²) in [6.07, 6.45) is -7.36. The average Bonchev–Trinajstić information content (AvgIpc) is 3.87. The number of carbonyl (C=O) groups excluding carboxylic acids is 2. The van der Waals surface area contributed by atoms with Gasteiger partial charge in [0.15, 0.2) is 48.1 Å². The number of aromatic hydroxyl groups is 1. The second-order valence-electron chi connectivity index (χ2n) is 14.2. The molecule has 0 aromatic carbocycles. The van der Waals surface area contributed by atoms with Crippen LogP contribution in [0.3, 0.4) is 0 Å². The monoisotopic (exact) mass is 918 g/mol. The highest BCUT2D eigenvalue weighted by molar-refractivity contribution is 7.53. The zero-order valence-electron chi connectivity index (χ0n) is 34.2. The number of nitrogens with zero attached hydrogens (tertiary/aromatic N) is 4. The third kappa shape index (κ3) is 12.4. The zero-order chi connectivity index (χ0) is 44.7. The van der Waals surface area contributed by atoms with Gasteiger partial charge in [-0.2, -0.15) is 0 Å². The Morgan fingerprint density at radius 1 is 0.783 bits per heavy atom. The van der Waals surface area contributed by atoms with Crippen molar-refractivity contribution in [2.24, 2.45) is 11.5 Å². The lowest BCUT2D eigenvalue weighted by Crippen LogP contribution is -2.45. The summed E-state index contributed by atoms with van der Waals surface area (Å²) in [4.78, 5) is 30.7. The van der Waals surface area contributed by atoms with Gasteiger partial charge in [-0.3, -0.25) is 27.9 Å². The summed E-state index contributed by atoms with van der Waals surface area (Å²) in [5, 5.41) is 50.8. The van der Waals surface area contributed by atoms with E-state index >= 15 is 0 Å². The van der Waals surface area contributed by atoms with Crippen molar-refractivity contribution in [3.63, 3.8) is 0 Å². The minimum atomic E-state index is -3.59. The van der Waals surface area contributed by atoms with E-state index in [0.29, 0.717) is 0 Å². The van der Waals surface area contributed by atoms with E-state index in [1.807, 2.05) is 33.9 Å². The second-order valence-corrected chi connectivity index (χ2v) is 22.9. The molecule has 1 saturated heterocycles. The molecule has 344 valence electrons. The first-order valence-electron chi connectivity index (χ1n) is 18.3. The zero-order valence-corrected chi connectivity index (χ0v) is 37.0. The molecule has 27 heteroatoms. The van der Waals surface area contributed by atoms with Gasteiger partial charge in [0.2, 0.25) is 24.3 Å². The molecule has 2 amide bonds. The summed E-state index contributed by atoms with van der Waals surface area (Å²) in [6, 6.07) is 0. The van der Waals surface area contributed by atoms with Crippen LogP contribution in [-0.4, -0.2) is 129 Å². The third-order valence-corrected chi connectivity index (χ3v) is 16.8. The van der Waals surface area contributed by atoms with Gasteiger partial charge in [0, 0.05) is 0 Å². The van der Waals surface area contributed by atoms with Crippen LogP contribution in [0.2, 0.25) is 18.1 Å². The lowest BCUT2D eigenvalue weighted by atomic mass is 10.2. The van der Waals surface area contributed by atoms with Crippen LogP contribution in [0.4, 0.5) is 0 Å². The lowest BCUT2D eigenvalue weighted by molar-refractivity contribution is -0.169. The molecular formula is C33H60N6O18P2Si. The van der Waals surface area contributed by atoms with Gasteiger partial charge in [-0.15, -0.1) is 0 Å². The smallest absolute Gasteiger partial charge is 0.356 e. The van der Waals surface area contributed by atoms with E-state index < -0.39 is 108 Å². The topological polar surface area (TPSA) is 340 Å². The van der Waals surface area contributed by atoms with Gasteiger partial charge in [-0.05, 0) is 45.8 Å². The third-order valence-electron chi connectivity index (χ3n) is 8.92. The number of aliphatic hydroxyl groups is 4. The Morgan fingerprint density at radius 3 is 1.70 bits per heavy atom. The molecule has 24 nitrogen and oxygen atoms in total. The van der Waals surface area contributed by atoms with Crippen molar-refractivity contribution >= 4 is 35.3 Å². The first kappa shape index (κ1) is 52.7. The summed E-state index contributed by atoms with van der Waals surface area (Å²) in [5.41, 5.74) is 9.97. The molecule has 60 heavy (non-hydrogen) atoms. The number of ether oxygens (including phenoxy) is 4. The van der Waals surface area contributed by atoms with Crippen LogP contribution < -0.4 is 15.9 Å². The highest BCUT2D eigenvalue weighted by Crippen LogP contribution is 2.50. The van der Waals surface area contributed by atoms with Gasteiger partial charge >= 0.3 is 15.2 Å². The molecule has 0 aliphatic carbocycles. The number of imidazole rings is 2. The first-order chi connectivity index (χ1) is 27.4. The molecule has 0 saturated carbocycles. The molecule has 0 bridgehead atoms. The molecule has 2 aromatic rings. The van der Waals surface area contributed by atoms with Crippen molar-refractivity contribution in [1.29, 1.82) is 0 Å². The molecular weight excluding hydrogens is 858 g/mol. The molecule has 2 aliphatic rings. The van der Waals surface area contributed by atoms with Crippen molar-refractivity contribution in [2.75, 3.05) is 39.1 Å².